The SMILES string of the molecule is CC.COc1ccc2c(c1)cc(C)n2C(=O)c1ccc(Cl)cc1. The molecule has 0 spiro atoms. The van der Waals surface area contributed by atoms with E-state index in [1.165, 1.54) is 0 Å². The van der Waals surface area contributed by atoms with Crippen molar-refractivity contribution in [2.24, 2.45) is 0 Å². The molecule has 0 saturated heterocycles. The number of benzene rings is 2. The molecule has 3 aromatic rings. The maximum absolute atomic E-state index is 12.7. The van der Waals surface area contributed by atoms with Crippen molar-refractivity contribution in [2.45, 2.75) is 20.8 Å². The molecule has 23 heavy (non-hydrogen) atoms. The first-order valence-electron chi connectivity index (χ1n) is 7.56. The predicted molar refractivity (Wildman–Crippen MR) is 95.8 cm³/mol. The number of halogens is 1. The Kier molecular flexibility index (Phi) is 5.45. The number of carbonyl (C=O) groups excluding carboxylic acids is 1. The van der Waals surface area contributed by atoms with E-state index in [0.717, 1.165) is 22.3 Å². The molecule has 120 valence electrons. The summed E-state index contributed by atoms with van der Waals surface area (Å²) in [5.74, 6) is 0.711. The van der Waals surface area contributed by atoms with Crippen LogP contribution in [-0.4, -0.2) is 17.6 Å². The Morgan fingerprint density at radius 2 is 1.70 bits per heavy atom. The summed E-state index contributed by atoms with van der Waals surface area (Å²) in [4.78, 5) is 12.7. The number of hydrogen-bond donors (Lipinski definition) is 0. The molecule has 3 rings (SSSR count). The van der Waals surface area contributed by atoms with E-state index in [4.69, 9.17) is 16.3 Å². The Morgan fingerprint density at radius 1 is 1.04 bits per heavy atom. The third-order valence-electron chi connectivity index (χ3n) is 3.49. The number of aryl methyl sites for hydroxylation is 1. The summed E-state index contributed by atoms with van der Waals surface area (Å²) in [6.45, 7) is 5.92. The lowest BCUT2D eigenvalue weighted by atomic mass is 10.2. The van der Waals surface area contributed by atoms with Gasteiger partial charge in [0, 0.05) is 21.7 Å². The van der Waals surface area contributed by atoms with Gasteiger partial charge in [0.1, 0.15) is 5.75 Å². The molecule has 1 heterocycles. The van der Waals surface area contributed by atoms with E-state index >= 15 is 0 Å². The highest BCUT2D eigenvalue weighted by Crippen LogP contribution is 2.25. The van der Waals surface area contributed by atoms with Crippen LogP contribution >= 0.6 is 11.6 Å². The zero-order valence-corrected chi connectivity index (χ0v) is 14.5. The molecule has 0 saturated carbocycles. The summed E-state index contributed by atoms with van der Waals surface area (Å²) in [7, 11) is 1.63. The lowest BCUT2D eigenvalue weighted by Gasteiger charge is -2.07. The predicted octanol–water partition coefficient (Wildman–Crippen LogP) is 5.33. The maximum Gasteiger partial charge on any atom is 0.262 e. The van der Waals surface area contributed by atoms with E-state index in [9.17, 15) is 4.79 Å². The first kappa shape index (κ1) is 17.1. The highest BCUT2D eigenvalue weighted by atomic mass is 35.5. The molecule has 0 fully saturated rings. The Hall–Kier alpha value is -2.26. The van der Waals surface area contributed by atoms with Gasteiger partial charge in [-0.25, -0.2) is 0 Å². The number of carbonyl (C=O) groups is 1. The van der Waals surface area contributed by atoms with Gasteiger partial charge in [-0.05, 0) is 55.5 Å². The van der Waals surface area contributed by atoms with Crippen molar-refractivity contribution in [3.63, 3.8) is 0 Å². The van der Waals surface area contributed by atoms with Gasteiger partial charge in [-0.3, -0.25) is 9.36 Å². The number of ether oxygens (including phenoxy) is 1. The van der Waals surface area contributed by atoms with Crippen molar-refractivity contribution < 1.29 is 9.53 Å². The van der Waals surface area contributed by atoms with Gasteiger partial charge in [0.15, 0.2) is 0 Å². The van der Waals surface area contributed by atoms with E-state index < -0.39 is 0 Å². The summed E-state index contributed by atoms with van der Waals surface area (Å²) in [5, 5.41) is 1.60. The van der Waals surface area contributed by atoms with Crippen molar-refractivity contribution in [1.29, 1.82) is 0 Å². The van der Waals surface area contributed by atoms with E-state index in [1.807, 2.05) is 45.0 Å². The van der Waals surface area contributed by atoms with E-state index in [0.29, 0.717) is 10.6 Å². The molecule has 3 nitrogen and oxygen atoms in total. The third-order valence-corrected chi connectivity index (χ3v) is 3.74. The number of methoxy groups -OCH3 is 1. The second-order valence-corrected chi connectivity index (χ2v) is 5.29. The second kappa shape index (κ2) is 7.34. The zero-order valence-electron chi connectivity index (χ0n) is 13.8. The average molecular weight is 330 g/mol. The van der Waals surface area contributed by atoms with Gasteiger partial charge in [0.25, 0.3) is 5.91 Å². The Bertz CT molecular complexity index is 819. The van der Waals surface area contributed by atoms with Crippen LogP contribution in [0.4, 0.5) is 0 Å². The van der Waals surface area contributed by atoms with Crippen LogP contribution in [0.15, 0.2) is 48.5 Å². The fourth-order valence-corrected chi connectivity index (χ4v) is 2.58. The quantitative estimate of drug-likeness (QED) is 0.636. The van der Waals surface area contributed by atoms with Crippen LogP contribution < -0.4 is 4.74 Å². The minimum absolute atomic E-state index is 0.0654. The van der Waals surface area contributed by atoms with Crippen molar-refractivity contribution in [3.05, 3.63) is 64.8 Å². The normalized spacial score (nSPS) is 10.1. The maximum atomic E-state index is 12.7. The van der Waals surface area contributed by atoms with Crippen LogP contribution in [0, 0.1) is 6.92 Å². The molecular formula is C19H20ClNO2. The van der Waals surface area contributed by atoms with Crippen LogP contribution in [0.1, 0.15) is 29.9 Å². The number of nitrogens with zero attached hydrogens (tertiary/aromatic N) is 1. The largest absolute Gasteiger partial charge is 0.497 e. The zero-order chi connectivity index (χ0) is 17.0. The van der Waals surface area contributed by atoms with Gasteiger partial charge < -0.3 is 4.74 Å². The Balaban J connectivity index is 0.000000924. The first-order chi connectivity index (χ1) is 11.1. The van der Waals surface area contributed by atoms with Crippen LogP contribution in [0.2, 0.25) is 5.02 Å². The van der Waals surface area contributed by atoms with Crippen LogP contribution in [0.3, 0.4) is 0 Å². The van der Waals surface area contributed by atoms with Gasteiger partial charge in [-0.2, -0.15) is 0 Å². The minimum atomic E-state index is -0.0654. The van der Waals surface area contributed by atoms with Gasteiger partial charge >= 0.3 is 0 Å². The highest BCUT2D eigenvalue weighted by Gasteiger charge is 2.15. The van der Waals surface area contributed by atoms with Crippen LogP contribution in [-0.2, 0) is 0 Å². The molecule has 0 aliphatic rings. The fraction of sp³-hybridized carbons (Fsp3) is 0.211. The standard InChI is InChI=1S/C17H14ClNO2.C2H6/c1-11-9-13-10-15(21-2)7-8-16(13)19(11)17(20)12-3-5-14(18)6-4-12;1-2/h3-10H,1-2H3;1-2H3. The topological polar surface area (TPSA) is 31.2 Å². The Morgan fingerprint density at radius 3 is 2.30 bits per heavy atom. The summed E-state index contributed by atoms with van der Waals surface area (Å²) in [6, 6.07) is 14.6. The first-order valence-corrected chi connectivity index (χ1v) is 7.94. The average Bonchev–Trinajstić information content (AvgIpc) is 2.91. The van der Waals surface area contributed by atoms with Gasteiger partial charge in [0.05, 0.1) is 12.6 Å². The van der Waals surface area contributed by atoms with Crippen molar-refractivity contribution >= 4 is 28.4 Å². The Labute approximate surface area is 141 Å². The monoisotopic (exact) mass is 329 g/mol. The number of rotatable bonds is 2. The van der Waals surface area contributed by atoms with Gasteiger partial charge in [-0.1, -0.05) is 25.4 Å². The van der Waals surface area contributed by atoms with E-state index in [-0.39, 0.29) is 5.91 Å². The van der Waals surface area contributed by atoms with Gasteiger partial charge in [0.2, 0.25) is 0 Å². The molecule has 0 radical (unpaired) electrons. The summed E-state index contributed by atoms with van der Waals surface area (Å²) >= 11 is 5.87. The van der Waals surface area contributed by atoms with Crippen LogP contribution in [0.25, 0.3) is 10.9 Å². The number of hydrogen-bond acceptors (Lipinski definition) is 2. The molecule has 4 heteroatoms. The second-order valence-electron chi connectivity index (χ2n) is 4.86. The smallest absolute Gasteiger partial charge is 0.262 e. The molecule has 0 atom stereocenters. The molecule has 0 unspecified atom stereocenters. The lowest BCUT2D eigenvalue weighted by molar-refractivity contribution is 0.0963. The molecule has 1 aromatic heterocycles. The molecular weight excluding hydrogens is 310 g/mol. The van der Waals surface area contributed by atoms with Crippen molar-refractivity contribution in [2.75, 3.05) is 7.11 Å². The summed E-state index contributed by atoms with van der Waals surface area (Å²) in [5.41, 5.74) is 2.36. The summed E-state index contributed by atoms with van der Waals surface area (Å²) < 4.78 is 6.93. The lowest BCUT2D eigenvalue weighted by Crippen LogP contribution is -2.13. The molecule has 2 aromatic carbocycles. The molecule has 0 aliphatic carbocycles. The number of fused-ring (bicyclic) bond motifs is 1. The summed E-state index contributed by atoms with van der Waals surface area (Å²) in [6.07, 6.45) is 0. The minimum Gasteiger partial charge on any atom is -0.497 e. The van der Waals surface area contributed by atoms with E-state index in [1.54, 1.807) is 35.9 Å². The molecule has 0 aliphatic heterocycles. The van der Waals surface area contributed by atoms with Crippen LogP contribution in [0.5, 0.6) is 5.75 Å². The number of aromatic nitrogens is 1. The van der Waals surface area contributed by atoms with Crippen molar-refractivity contribution in [3.8, 4) is 5.75 Å². The molecule has 0 bridgehead atoms. The van der Waals surface area contributed by atoms with E-state index in [2.05, 4.69) is 0 Å². The fourth-order valence-electron chi connectivity index (χ4n) is 2.45. The molecule has 0 amide bonds. The molecule has 0 N–H and O–H groups in total. The third kappa shape index (κ3) is 3.40. The van der Waals surface area contributed by atoms with Crippen molar-refractivity contribution in [1.82, 2.24) is 4.57 Å². The van der Waals surface area contributed by atoms with Gasteiger partial charge in [-0.15, -0.1) is 0 Å². The highest BCUT2D eigenvalue weighted by molar-refractivity contribution is 6.30.